The van der Waals surface area contributed by atoms with Crippen LogP contribution in [0.4, 0.5) is 8.78 Å². The fourth-order valence-corrected chi connectivity index (χ4v) is 5.17. The minimum atomic E-state index is -2.10. The van der Waals surface area contributed by atoms with Gasteiger partial charge in [0.2, 0.25) is 11.8 Å². The molecule has 1 aliphatic heterocycles. The van der Waals surface area contributed by atoms with Gasteiger partial charge in [-0.2, -0.15) is 0 Å². The van der Waals surface area contributed by atoms with Gasteiger partial charge in [0.15, 0.2) is 6.10 Å². The first-order valence-corrected chi connectivity index (χ1v) is 12.7. The summed E-state index contributed by atoms with van der Waals surface area (Å²) in [5.74, 6) is -4.83. The Labute approximate surface area is 225 Å². The molecule has 1 fully saturated rings. The minimum absolute atomic E-state index is 0.0744. The highest BCUT2D eigenvalue weighted by atomic mass is 19.1. The Balaban J connectivity index is 1.80. The van der Waals surface area contributed by atoms with Crippen molar-refractivity contribution in [2.45, 2.75) is 49.9 Å². The highest BCUT2D eigenvalue weighted by molar-refractivity contribution is 6.04. The van der Waals surface area contributed by atoms with Gasteiger partial charge in [-0.3, -0.25) is 19.3 Å². The first-order chi connectivity index (χ1) is 18.6. The number of aliphatic hydroxyl groups excluding tert-OH is 1. The number of amides is 3. The number of likely N-dealkylation sites (tertiary alicyclic amines) is 1. The number of imide groups is 1. The summed E-state index contributed by atoms with van der Waals surface area (Å²) in [6.07, 6.45) is -1.51. The average molecular weight is 536 g/mol. The molecular weight excluding hydrogens is 504 g/mol. The lowest BCUT2D eigenvalue weighted by atomic mass is 9.86. The van der Waals surface area contributed by atoms with Gasteiger partial charge in [-0.05, 0) is 54.5 Å². The van der Waals surface area contributed by atoms with Crippen molar-refractivity contribution in [2.75, 3.05) is 7.05 Å². The SMILES string of the molecule is C[C@H](N)C(=O)N(C(=O)[C@H](O)c1cc(F)cc(F)c1)[C@H]1C[C@H](c2ccccc2)C[C@@H](c2ccccc2)N(C)C1=O. The Bertz CT molecular complexity index is 1320. The molecule has 1 heterocycles. The minimum Gasteiger partial charge on any atom is -0.378 e. The first-order valence-electron chi connectivity index (χ1n) is 12.7. The topological polar surface area (TPSA) is 104 Å². The summed E-state index contributed by atoms with van der Waals surface area (Å²) in [6.45, 7) is 1.36. The molecule has 3 aromatic rings. The smallest absolute Gasteiger partial charge is 0.263 e. The Kier molecular flexibility index (Phi) is 8.52. The quantitative estimate of drug-likeness (QED) is 0.499. The van der Waals surface area contributed by atoms with E-state index in [4.69, 9.17) is 5.73 Å². The summed E-state index contributed by atoms with van der Waals surface area (Å²) in [5.41, 5.74) is 7.31. The first kappa shape index (κ1) is 28.1. The summed E-state index contributed by atoms with van der Waals surface area (Å²) in [7, 11) is 1.61. The molecule has 0 unspecified atom stereocenters. The van der Waals surface area contributed by atoms with Crippen LogP contribution >= 0.6 is 0 Å². The molecule has 1 saturated heterocycles. The van der Waals surface area contributed by atoms with E-state index in [-0.39, 0.29) is 23.9 Å². The predicted octanol–water partition coefficient (Wildman–Crippen LogP) is 3.85. The van der Waals surface area contributed by atoms with E-state index in [2.05, 4.69) is 0 Å². The third-order valence-corrected chi connectivity index (χ3v) is 7.18. The highest BCUT2D eigenvalue weighted by Gasteiger charge is 2.45. The van der Waals surface area contributed by atoms with Crippen LogP contribution in [0.2, 0.25) is 0 Å². The molecule has 5 atom stereocenters. The maximum absolute atomic E-state index is 14.0. The van der Waals surface area contributed by atoms with Crippen molar-refractivity contribution in [2.24, 2.45) is 5.73 Å². The number of carbonyl (C=O) groups excluding carboxylic acids is 3. The Hall–Kier alpha value is -3.95. The molecular formula is C30H31F2N3O4. The zero-order valence-electron chi connectivity index (χ0n) is 21.7. The number of rotatable bonds is 6. The molecule has 1 aliphatic rings. The standard InChI is InChI=1S/C30H31F2N3O4/c1-18(33)28(37)35(30(39)27(36)22-13-23(31)17-24(32)14-22)26-16-21(19-9-5-3-6-10-19)15-25(34(2)29(26)38)20-11-7-4-8-12-20/h3-14,17-18,21,25-27,36H,15-16,33H2,1-2H3/t18-,21+,25-,26-,27+/m0/s1. The third kappa shape index (κ3) is 6.05. The average Bonchev–Trinajstić information content (AvgIpc) is 3.05. The summed E-state index contributed by atoms with van der Waals surface area (Å²) >= 11 is 0. The molecule has 0 aromatic heterocycles. The van der Waals surface area contributed by atoms with Gasteiger partial charge in [0.1, 0.15) is 17.7 Å². The lowest BCUT2D eigenvalue weighted by Gasteiger charge is -2.34. The number of likely N-dealkylation sites (N-methyl/N-ethyl adjacent to an activating group) is 1. The van der Waals surface area contributed by atoms with E-state index < -0.39 is 47.5 Å². The zero-order chi connectivity index (χ0) is 28.3. The fraction of sp³-hybridized carbons (Fsp3) is 0.300. The molecule has 0 spiro atoms. The van der Waals surface area contributed by atoms with E-state index in [1.54, 1.807) is 7.05 Å². The van der Waals surface area contributed by atoms with Crippen LogP contribution < -0.4 is 5.73 Å². The number of carbonyl (C=O) groups is 3. The molecule has 3 amide bonds. The van der Waals surface area contributed by atoms with Crippen LogP contribution in [-0.2, 0) is 14.4 Å². The normalized spacial score (nSPS) is 21.1. The predicted molar refractivity (Wildman–Crippen MR) is 141 cm³/mol. The van der Waals surface area contributed by atoms with Crippen molar-refractivity contribution in [3.05, 3.63) is 107 Å². The van der Waals surface area contributed by atoms with Crippen molar-refractivity contribution in [1.82, 2.24) is 9.80 Å². The summed E-state index contributed by atoms with van der Waals surface area (Å²) in [5, 5.41) is 10.9. The Morgan fingerprint density at radius 1 is 0.923 bits per heavy atom. The second-order valence-electron chi connectivity index (χ2n) is 9.91. The maximum atomic E-state index is 14.0. The summed E-state index contributed by atoms with van der Waals surface area (Å²) in [6, 6.07) is 18.2. The van der Waals surface area contributed by atoms with E-state index in [1.807, 2.05) is 60.7 Å². The lowest BCUT2D eigenvalue weighted by molar-refractivity contribution is -0.160. The van der Waals surface area contributed by atoms with Crippen LogP contribution in [0.3, 0.4) is 0 Å². The molecule has 0 bridgehead atoms. The fourth-order valence-electron chi connectivity index (χ4n) is 5.17. The molecule has 39 heavy (non-hydrogen) atoms. The van der Waals surface area contributed by atoms with Crippen molar-refractivity contribution in [3.8, 4) is 0 Å². The van der Waals surface area contributed by atoms with Gasteiger partial charge in [0.25, 0.3) is 5.91 Å². The van der Waals surface area contributed by atoms with Crippen molar-refractivity contribution >= 4 is 17.7 Å². The van der Waals surface area contributed by atoms with E-state index in [0.717, 1.165) is 23.3 Å². The monoisotopic (exact) mass is 535 g/mol. The van der Waals surface area contributed by atoms with Gasteiger partial charge in [0.05, 0.1) is 12.1 Å². The maximum Gasteiger partial charge on any atom is 0.263 e. The number of halogens is 2. The molecule has 7 nitrogen and oxygen atoms in total. The number of hydrogen-bond donors (Lipinski definition) is 2. The van der Waals surface area contributed by atoms with Crippen molar-refractivity contribution in [1.29, 1.82) is 0 Å². The molecule has 3 aromatic carbocycles. The van der Waals surface area contributed by atoms with E-state index >= 15 is 0 Å². The summed E-state index contributed by atoms with van der Waals surface area (Å²) in [4.78, 5) is 43.2. The number of hydrogen-bond acceptors (Lipinski definition) is 5. The molecule has 0 aliphatic carbocycles. The van der Waals surface area contributed by atoms with Crippen LogP contribution in [0.15, 0.2) is 78.9 Å². The van der Waals surface area contributed by atoms with Gasteiger partial charge in [-0.25, -0.2) is 8.78 Å². The van der Waals surface area contributed by atoms with Crippen LogP contribution in [0.25, 0.3) is 0 Å². The van der Waals surface area contributed by atoms with Crippen LogP contribution in [0, 0.1) is 11.6 Å². The Morgan fingerprint density at radius 3 is 2.00 bits per heavy atom. The molecule has 9 heteroatoms. The molecule has 3 N–H and O–H groups in total. The Morgan fingerprint density at radius 2 is 1.46 bits per heavy atom. The van der Waals surface area contributed by atoms with Gasteiger partial charge in [-0.15, -0.1) is 0 Å². The van der Waals surface area contributed by atoms with Crippen molar-refractivity contribution < 1.29 is 28.3 Å². The largest absolute Gasteiger partial charge is 0.378 e. The second-order valence-corrected chi connectivity index (χ2v) is 9.91. The third-order valence-electron chi connectivity index (χ3n) is 7.18. The van der Waals surface area contributed by atoms with E-state index in [0.29, 0.717) is 17.4 Å². The number of benzene rings is 3. The number of nitrogens with two attached hydrogens (primary N) is 1. The summed E-state index contributed by atoms with van der Waals surface area (Å²) < 4.78 is 27.8. The van der Waals surface area contributed by atoms with Gasteiger partial charge < -0.3 is 15.7 Å². The van der Waals surface area contributed by atoms with E-state index in [1.165, 1.54) is 11.8 Å². The van der Waals surface area contributed by atoms with E-state index in [9.17, 15) is 28.3 Å². The van der Waals surface area contributed by atoms with Crippen LogP contribution in [0.5, 0.6) is 0 Å². The highest BCUT2D eigenvalue weighted by Crippen LogP contribution is 2.40. The lowest BCUT2D eigenvalue weighted by Crippen LogP contribution is -2.57. The number of nitrogens with zero attached hydrogens (tertiary/aromatic N) is 2. The van der Waals surface area contributed by atoms with Gasteiger partial charge in [-0.1, -0.05) is 60.7 Å². The zero-order valence-corrected chi connectivity index (χ0v) is 21.7. The molecule has 4 rings (SSSR count). The molecule has 204 valence electrons. The second kappa shape index (κ2) is 11.8. The van der Waals surface area contributed by atoms with Crippen LogP contribution in [0.1, 0.15) is 54.5 Å². The molecule has 0 saturated carbocycles. The molecule has 0 radical (unpaired) electrons. The van der Waals surface area contributed by atoms with Gasteiger partial charge >= 0.3 is 0 Å². The van der Waals surface area contributed by atoms with Crippen LogP contribution in [-0.4, -0.2) is 51.8 Å². The van der Waals surface area contributed by atoms with Crippen molar-refractivity contribution in [3.63, 3.8) is 0 Å². The van der Waals surface area contributed by atoms with Gasteiger partial charge in [0, 0.05) is 13.1 Å². The number of aliphatic hydroxyl groups is 1.